The number of nitrogens with zero attached hydrogens (tertiary/aromatic N) is 1. The molecule has 4 bridgehead atoms. The van der Waals surface area contributed by atoms with Crippen molar-refractivity contribution in [1.29, 1.82) is 0 Å². The summed E-state index contributed by atoms with van der Waals surface area (Å²) in [5.41, 5.74) is 0.369. The average Bonchev–Trinajstić information content (AvgIpc) is 2.58. The van der Waals surface area contributed by atoms with Gasteiger partial charge in [0.15, 0.2) is 5.11 Å². The van der Waals surface area contributed by atoms with Gasteiger partial charge in [-0.3, -0.25) is 20.2 Å². The Labute approximate surface area is 173 Å². The molecule has 1 aromatic carbocycles. The molecule has 0 aromatic heterocycles. The monoisotopic (exact) mass is 419 g/mol. The molecule has 28 heavy (non-hydrogen) atoms. The summed E-state index contributed by atoms with van der Waals surface area (Å²) in [5, 5.41) is 17.5. The molecule has 4 aliphatic rings. The molecule has 8 heteroatoms. The van der Waals surface area contributed by atoms with Crippen LogP contribution in [-0.2, 0) is 4.79 Å². The van der Waals surface area contributed by atoms with E-state index in [0.29, 0.717) is 10.7 Å². The lowest BCUT2D eigenvalue weighted by Crippen LogP contribution is -2.61. The van der Waals surface area contributed by atoms with Gasteiger partial charge in [-0.1, -0.05) is 17.7 Å². The van der Waals surface area contributed by atoms with Crippen LogP contribution in [-0.4, -0.2) is 21.5 Å². The highest BCUT2D eigenvalue weighted by Gasteiger charge is 2.51. The minimum Gasteiger partial charge on any atom is -0.357 e. The molecule has 0 atom stereocenters. The van der Waals surface area contributed by atoms with E-state index in [1.165, 1.54) is 43.5 Å². The van der Waals surface area contributed by atoms with E-state index in [0.717, 1.165) is 37.0 Å². The van der Waals surface area contributed by atoms with Crippen LogP contribution in [0, 0.1) is 27.9 Å². The number of amides is 1. The highest BCUT2D eigenvalue weighted by Crippen LogP contribution is 2.55. The van der Waals surface area contributed by atoms with Crippen LogP contribution < -0.4 is 10.6 Å². The van der Waals surface area contributed by atoms with Gasteiger partial charge < -0.3 is 5.32 Å². The van der Waals surface area contributed by atoms with Crippen LogP contribution >= 0.6 is 23.8 Å². The fourth-order valence-corrected chi connectivity index (χ4v) is 6.14. The molecule has 0 aliphatic heterocycles. The van der Waals surface area contributed by atoms with Gasteiger partial charge in [-0.05, 0) is 86.2 Å². The van der Waals surface area contributed by atoms with Crippen LogP contribution in [0.5, 0.6) is 0 Å². The van der Waals surface area contributed by atoms with Crippen LogP contribution in [0.2, 0.25) is 5.02 Å². The second-order valence-electron chi connectivity index (χ2n) is 8.44. The quantitative estimate of drug-likeness (QED) is 0.330. The Bertz CT molecular complexity index is 835. The van der Waals surface area contributed by atoms with Crippen LogP contribution in [0.1, 0.15) is 44.1 Å². The average molecular weight is 420 g/mol. The van der Waals surface area contributed by atoms with E-state index in [4.69, 9.17) is 23.8 Å². The largest absolute Gasteiger partial charge is 0.357 e. The van der Waals surface area contributed by atoms with Gasteiger partial charge in [0, 0.05) is 17.7 Å². The maximum atomic E-state index is 12.2. The number of nitro benzene ring substituents is 1. The number of carbonyl (C=O) groups excluding carboxylic acids is 1. The number of hydrogen-bond acceptors (Lipinski definition) is 4. The molecule has 6 nitrogen and oxygen atoms in total. The Kier molecular flexibility index (Phi) is 5.14. The van der Waals surface area contributed by atoms with E-state index in [2.05, 4.69) is 10.6 Å². The predicted octanol–water partition coefficient (Wildman–Crippen LogP) is 4.22. The molecule has 2 N–H and O–H groups in total. The van der Waals surface area contributed by atoms with E-state index in [9.17, 15) is 14.9 Å². The number of carbonyl (C=O) groups is 1. The second kappa shape index (κ2) is 7.44. The number of nitro groups is 1. The molecule has 5 rings (SSSR count). The van der Waals surface area contributed by atoms with Crippen LogP contribution in [0.25, 0.3) is 6.08 Å². The maximum absolute atomic E-state index is 12.2. The van der Waals surface area contributed by atoms with Crippen molar-refractivity contribution < 1.29 is 9.72 Å². The molecule has 148 valence electrons. The second-order valence-corrected chi connectivity index (χ2v) is 9.26. The zero-order valence-electron chi connectivity index (χ0n) is 15.3. The lowest BCUT2D eigenvalue weighted by molar-refractivity contribution is -0.384. The molecule has 0 spiro atoms. The fraction of sp³-hybridized carbons (Fsp3) is 0.500. The van der Waals surface area contributed by atoms with Gasteiger partial charge >= 0.3 is 0 Å². The summed E-state index contributed by atoms with van der Waals surface area (Å²) in [4.78, 5) is 22.6. The number of halogens is 1. The first-order valence-corrected chi connectivity index (χ1v) is 10.4. The summed E-state index contributed by atoms with van der Waals surface area (Å²) in [5.74, 6) is 2.01. The van der Waals surface area contributed by atoms with Gasteiger partial charge in [-0.2, -0.15) is 0 Å². The summed E-state index contributed by atoms with van der Waals surface area (Å²) < 4.78 is 0. The molecule has 0 saturated heterocycles. The summed E-state index contributed by atoms with van der Waals surface area (Å²) in [6.45, 7) is 0. The van der Waals surface area contributed by atoms with Crippen molar-refractivity contribution in [3.8, 4) is 0 Å². The highest BCUT2D eigenvalue weighted by molar-refractivity contribution is 7.80. The smallest absolute Gasteiger partial charge is 0.288 e. The number of nitrogens with one attached hydrogen (secondary N) is 2. The molecular formula is C20H22ClN3O3S. The molecular weight excluding hydrogens is 398 g/mol. The summed E-state index contributed by atoms with van der Waals surface area (Å²) in [6, 6.07) is 4.39. The minimum atomic E-state index is -0.551. The molecule has 1 aromatic rings. The molecule has 4 aliphatic carbocycles. The fourth-order valence-electron chi connectivity index (χ4n) is 5.63. The van der Waals surface area contributed by atoms with E-state index >= 15 is 0 Å². The number of hydrogen-bond donors (Lipinski definition) is 2. The third kappa shape index (κ3) is 4.05. The first kappa shape index (κ1) is 19.3. The van der Waals surface area contributed by atoms with Crippen molar-refractivity contribution in [3.63, 3.8) is 0 Å². The maximum Gasteiger partial charge on any atom is 0.288 e. The summed E-state index contributed by atoms with van der Waals surface area (Å²) >= 11 is 11.2. The van der Waals surface area contributed by atoms with E-state index in [1.54, 1.807) is 6.07 Å². The standard InChI is InChI=1S/C20H22ClN3O3S/c21-16-3-1-12(8-17(16)24(26)27)2-4-18(25)22-19(28)23-20-9-13-5-14(10-20)7-15(6-13)11-20/h1-4,8,13-15H,5-7,9-11H2,(H2,22,23,25,28). The highest BCUT2D eigenvalue weighted by atomic mass is 35.5. The number of thiocarbonyl (C=S) groups is 1. The normalized spacial score (nSPS) is 30.4. The van der Waals surface area contributed by atoms with Gasteiger partial charge in [-0.25, -0.2) is 0 Å². The van der Waals surface area contributed by atoms with Crippen LogP contribution in [0.4, 0.5) is 5.69 Å². The Balaban J connectivity index is 1.35. The molecule has 0 heterocycles. The van der Waals surface area contributed by atoms with E-state index in [-0.39, 0.29) is 22.2 Å². The first-order valence-electron chi connectivity index (χ1n) is 9.57. The lowest BCUT2D eigenvalue weighted by atomic mass is 9.53. The van der Waals surface area contributed by atoms with Crippen molar-refractivity contribution in [2.45, 2.75) is 44.1 Å². The topological polar surface area (TPSA) is 84.3 Å². The van der Waals surface area contributed by atoms with E-state index < -0.39 is 4.92 Å². The van der Waals surface area contributed by atoms with Gasteiger partial charge in [-0.15, -0.1) is 0 Å². The van der Waals surface area contributed by atoms with Gasteiger partial charge in [0.2, 0.25) is 5.91 Å². The zero-order valence-corrected chi connectivity index (χ0v) is 16.9. The SMILES string of the molecule is O=C(C=Cc1ccc(Cl)c([N+](=O)[O-])c1)NC(=S)NC12CC3CC(CC(C3)C1)C2. The first-order chi connectivity index (χ1) is 13.3. The van der Waals surface area contributed by atoms with Crippen LogP contribution in [0.3, 0.4) is 0 Å². The minimum absolute atomic E-state index is 0.0413. The molecule has 1 amide bonds. The van der Waals surface area contributed by atoms with Gasteiger partial charge in [0.25, 0.3) is 5.69 Å². The Hall–Kier alpha value is -1.99. The molecule has 0 radical (unpaired) electrons. The van der Waals surface area contributed by atoms with Crippen LogP contribution in [0.15, 0.2) is 24.3 Å². The van der Waals surface area contributed by atoms with Crippen molar-refractivity contribution in [1.82, 2.24) is 10.6 Å². The van der Waals surface area contributed by atoms with Crippen molar-refractivity contribution in [2.75, 3.05) is 0 Å². The summed E-state index contributed by atoms with van der Waals surface area (Å²) in [7, 11) is 0. The van der Waals surface area contributed by atoms with Crippen molar-refractivity contribution >= 4 is 46.6 Å². The number of benzene rings is 1. The molecule has 4 fully saturated rings. The molecule has 4 saturated carbocycles. The van der Waals surface area contributed by atoms with E-state index in [1.807, 2.05) is 0 Å². The third-order valence-electron chi connectivity index (χ3n) is 6.25. The van der Waals surface area contributed by atoms with Gasteiger partial charge in [0.1, 0.15) is 5.02 Å². The third-order valence-corrected chi connectivity index (χ3v) is 6.77. The van der Waals surface area contributed by atoms with Gasteiger partial charge in [0.05, 0.1) is 4.92 Å². The Morgan fingerprint density at radius 3 is 2.39 bits per heavy atom. The predicted molar refractivity (Wildman–Crippen MR) is 112 cm³/mol. The number of rotatable bonds is 4. The van der Waals surface area contributed by atoms with Crippen molar-refractivity contribution in [2.24, 2.45) is 17.8 Å². The summed E-state index contributed by atoms with van der Waals surface area (Å²) in [6.07, 6.45) is 10.3. The van der Waals surface area contributed by atoms with Crippen molar-refractivity contribution in [3.05, 3.63) is 45.0 Å². The lowest BCUT2D eigenvalue weighted by Gasteiger charge is -2.57. The Morgan fingerprint density at radius 2 is 1.82 bits per heavy atom. The Morgan fingerprint density at radius 1 is 1.21 bits per heavy atom. The molecule has 0 unspecified atom stereocenters. The zero-order chi connectivity index (χ0) is 19.9.